The first-order chi connectivity index (χ1) is 8.15. The molecule has 0 bridgehead atoms. The zero-order chi connectivity index (χ0) is 12.4. The van der Waals surface area contributed by atoms with E-state index in [4.69, 9.17) is 9.47 Å². The second-order valence-electron chi connectivity index (χ2n) is 3.46. The number of hydrogen-bond acceptors (Lipinski definition) is 4. The molecule has 1 aliphatic heterocycles. The second kappa shape index (κ2) is 4.32. The zero-order valence-electron chi connectivity index (χ0n) is 9.52. The van der Waals surface area contributed by atoms with Gasteiger partial charge in [0.2, 0.25) is 0 Å². The molecule has 1 N–H and O–H groups in total. The number of anilines is 1. The standard InChI is InChI=1S/C11H12N2O4/c1-16-8-3-7(4-9(5-8)17-2)13-10(14)6-12-11(13)15/h3-5H,6H2,1-2H3,(H,12,15). The van der Waals surface area contributed by atoms with Crippen molar-refractivity contribution in [2.24, 2.45) is 0 Å². The van der Waals surface area contributed by atoms with E-state index in [1.54, 1.807) is 18.2 Å². The first-order valence-electron chi connectivity index (χ1n) is 4.99. The van der Waals surface area contributed by atoms with Crippen molar-refractivity contribution in [3.8, 4) is 11.5 Å². The van der Waals surface area contributed by atoms with Crippen molar-refractivity contribution in [3.63, 3.8) is 0 Å². The minimum absolute atomic E-state index is 0.0123. The molecule has 0 atom stereocenters. The zero-order valence-corrected chi connectivity index (χ0v) is 9.52. The molecule has 2 rings (SSSR count). The number of methoxy groups -OCH3 is 2. The van der Waals surface area contributed by atoms with Crippen molar-refractivity contribution in [2.75, 3.05) is 25.7 Å². The number of benzene rings is 1. The van der Waals surface area contributed by atoms with Gasteiger partial charge >= 0.3 is 6.03 Å². The van der Waals surface area contributed by atoms with Gasteiger partial charge < -0.3 is 14.8 Å². The molecule has 0 saturated carbocycles. The minimum atomic E-state index is -0.440. The SMILES string of the molecule is COc1cc(OC)cc(N2C(=O)CNC2=O)c1. The Morgan fingerprint density at radius 2 is 1.71 bits per heavy atom. The lowest BCUT2D eigenvalue weighted by Crippen LogP contribution is -2.30. The van der Waals surface area contributed by atoms with E-state index >= 15 is 0 Å². The molecule has 1 heterocycles. The number of nitrogens with one attached hydrogen (secondary N) is 1. The van der Waals surface area contributed by atoms with Gasteiger partial charge in [-0.15, -0.1) is 0 Å². The molecule has 3 amide bonds. The average Bonchev–Trinajstić information content (AvgIpc) is 2.68. The van der Waals surface area contributed by atoms with Gasteiger partial charge in [0.15, 0.2) is 0 Å². The number of carbonyl (C=O) groups excluding carboxylic acids is 2. The van der Waals surface area contributed by atoms with Gasteiger partial charge in [0, 0.05) is 18.2 Å². The van der Waals surface area contributed by atoms with Gasteiger partial charge in [0.25, 0.3) is 5.91 Å². The third kappa shape index (κ3) is 2.01. The van der Waals surface area contributed by atoms with Crippen LogP contribution in [0.4, 0.5) is 10.5 Å². The van der Waals surface area contributed by atoms with Gasteiger partial charge in [0.1, 0.15) is 11.5 Å². The molecule has 1 fully saturated rings. The van der Waals surface area contributed by atoms with Crippen LogP contribution in [0, 0.1) is 0 Å². The van der Waals surface area contributed by atoms with E-state index in [2.05, 4.69) is 5.32 Å². The van der Waals surface area contributed by atoms with Crippen molar-refractivity contribution in [2.45, 2.75) is 0 Å². The quantitative estimate of drug-likeness (QED) is 0.787. The minimum Gasteiger partial charge on any atom is -0.497 e. The second-order valence-corrected chi connectivity index (χ2v) is 3.46. The lowest BCUT2D eigenvalue weighted by atomic mass is 10.2. The molecule has 1 saturated heterocycles. The van der Waals surface area contributed by atoms with Gasteiger partial charge in [0.05, 0.1) is 26.5 Å². The molecule has 90 valence electrons. The summed E-state index contributed by atoms with van der Waals surface area (Å²) in [4.78, 5) is 24.1. The summed E-state index contributed by atoms with van der Waals surface area (Å²) in [6, 6.07) is 4.43. The first kappa shape index (κ1) is 11.3. The summed E-state index contributed by atoms with van der Waals surface area (Å²) < 4.78 is 10.2. The van der Waals surface area contributed by atoms with Crippen LogP contribution in [-0.2, 0) is 4.79 Å². The van der Waals surface area contributed by atoms with E-state index < -0.39 is 6.03 Å². The molecule has 0 unspecified atom stereocenters. The van der Waals surface area contributed by atoms with Crippen molar-refractivity contribution in [1.82, 2.24) is 5.32 Å². The molecule has 0 spiro atoms. The van der Waals surface area contributed by atoms with Crippen LogP contribution in [0.25, 0.3) is 0 Å². The summed E-state index contributed by atoms with van der Waals surface area (Å²) in [5.74, 6) is 0.740. The Labute approximate surface area is 98.1 Å². The van der Waals surface area contributed by atoms with Crippen molar-refractivity contribution in [1.29, 1.82) is 0 Å². The smallest absolute Gasteiger partial charge is 0.329 e. The Kier molecular flexibility index (Phi) is 2.86. The number of carbonyl (C=O) groups is 2. The van der Waals surface area contributed by atoms with Crippen LogP contribution in [0.15, 0.2) is 18.2 Å². The van der Waals surface area contributed by atoms with Gasteiger partial charge in [-0.2, -0.15) is 0 Å². The number of rotatable bonds is 3. The van der Waals surface area contributed by atoms with E-state index in [9.17, 15) is 9.59 Å². The van der Waals surface area contributed by atoms with E-state index in [1.807, 2.05) is 0 Å². The average molecular weight is 236 g/mol. The molecule has 0 radical (unpaired) electrons. The maximum absolute atomic E-state index is 11.5. The Morgan fingerprint density at radius 3 is 2.12 bits per heavy atom. The summed E-state index contributed by atoms with van der Waals surface area (Å²) in [6.07, 6.45) is 0. The van der Waals surface area contributed by atoms with Crippen LogP contribution in [0.5, 0.6) is 11.5 Å². The van der Waals surface area contributed by atoms with Crippen LogP contribution in [0.3, 0.4) is 0 Å². The highest BCUT2D eigenvalue weighted by atomic mass is 16.5. The number of nitrogens with zero attached hydrogens (tertiary/aromatic N) is 1. The monoisotopic (exact) mass is 236 g/mol. The van der Waals surface area contributed by atoms with Crippen LogP contribution in [0.2, 0.25) is 0 Å². The summed E-state index contributed by atoms with van der Waals surface area (Å²) >= 11 is 0. The highest BCUT2D eigenvalue weighted by Gasteiger charge is 2.30. The van der Waals surface area contributed by atoms with Gasteiger partial charge in [-0.25, -0.2) is 9.69 Å². The Hall–Kier alpha value is -2.24. The Morgan fingerprint density at radius 1 is 1.12 bits per heavy atom. The molecular weight excluding hydrogens is 224 g/mol. The van der Waals surface area contributed by atoms with E-state index in [-0.39, 0.29) is 12.5 Å². The fourth-order valence-corrected chi connectivity index (χ4v) is 1.61. The van der Waals surface area contributed by atoms with Crippen molar-refractivity contribution < 1.29 is 19.1 Å². The van der Waals surface area contributed by atoms with Crippen LogP contribution in [0.1, 0.15) is 0 Å². The van der Waals surface area contributed by atoms with Crippen LogP contribution >= 0.6 is 0 Å². The predicted octanol–water partition coefficient (Wildman–Crippen LogP) is 0.760. The lowest BCUT2D eigenvalue weighted by molar-refractivity contribution is -0.115. The number of ether oxygens (including phenoxy) is 2. The summed E-state index contributed by atoms with van der Waals surface area (Å²) in [5, 5.41) is 2.45. The molecule has 6 heteroatoms. The predicted molar refractivity (Wildman–Crippen MR) is 60.4 cm³/mol. The normalized spacial score (nSPS) is 14.8. The third-order valence-electron chi connectivity index (χ3n) is 2.44. The molecular formula is C11H12N2O4. The van der Waals surface area contributed by atoms with E-state index in [1.165, 1.54) is 14.2 Å². The fraction of sp³-hybridized carbons (Fsp3) is 0.273. The van der Waals surface area contributed by atoms with E-state index in [0.717, 1.165) is 4.90 Å². The molecule has 1 aromatic carbocycles. The Balaban J connectivity index is 2.43. The highest BCUT2D eigenvalue weighted by Crippen LogP contribution is 2.29. The highest BCUT2D eigenvalue weighted by molar-refractivity contribution is 6.19. The topological polar surface area (TPSA) is 67.9 Å². The van der Waals surface area contributed by atoms with Gasteiger partial charge in [-0.1, -0.05) is 0 Å². The fourth-order valence-electron chi connectivity index (χ4n) is 1.61. The summed E-state index contributed by atoms with van der Waals surface area (Å²) in [7, 11) is 3.01. The van der Waals surface area contributed by atoms with Gasteiger partial charge in [-0.05, 0) is 0 Å². The van der Waals surface area contributed by atoms with Crippen molar-refractivity contribution >= 4 is 17.6 Å². The molecule has 6 nitrogen and oxygen atoms in total. The number of amides is 3. The molecule has 1 aliphatic rings. The maximum Gasteiger partial charge on any atom is 0.329 e. The summed E-state index contributed by atoms with van der Waals surface area (Å²) in [6.45, 7) is 0.0123. The lowest BCUT2D eigenvalue weighted by Gasteiger charge is -2.14. The molecule has 17 heavy (non-hydrogen) atoms. The first-order valence-corrected chi connectivity index (χ1v) is 4.99. The molecule has 0 aliphatic carbocycles. The van der Waals surface area contributed by atoms with E-state index in [0.29, 0.717) is 17.2 Å². The van der Waals surface area contributed by atoms with Gasteiger partial charge in [-0.3, -0.25) is 4.79 Å². The summed E-state index contributed by atoms with van der Waals surface area (Å²) in [5.41, 5.74) is 0.432. The molecule has 0 aromatic heterocycles. The Bertz CT molecular complexity index is 434. The van der Waals surface area contributed by atoms with Crippen LogP contribution in [-0.4, -0.2) is 32.7 Å². The number of hydrogen-bond donors (Lipinski definition) is 1. The molecule has 1 aromatic rings. The van der Waals surface area contributed by atoms with Crippen molar-refractivity contribution in [3.05, 3.63) is 18.2 Å². The third-order valence-corrected chi connectivity index (χ3v) is 2.44. The maximum atomic E-state index is 11.5. The van der Waals surface area contributed by atoms with Crippen LogP contribution < -0.4 is 19.7 Å². The number of urea groups is 1. The number of imide groups is 1. The largest absolute Gasteiger partial charge is 0.497 e.